The van der Waals surface area contributed by atoms with Gasteiger partial charge in [0.25, 0.3) is 5.91 Å². The average Bonchev–Trinajstić information content (AvgIpc) is 2.97. The Kier molecular flexibility index (Phi) is 5.68. The van der Waals surface area contributed by atoms with Gasteiger partial charge < -0.3 is 19.2 Å². The van der Waals surface area contributed by atoms with Crippen molar-refractivity contribution in [1.82, 2.24) is 19.8 Å². The predicted octanol–water partition coefficient (Wildman–Crippen LogP) is 3.32. The Morgan fingerprint density at radius 1 is 1.41 bits per heavy atom. The van der Waals surface area contributed by atoms with Crippen LogP contribution in [0.5, 0.6) is 0 Å². The normalized spacial score (nSPS) is 20.3. The van der Waals surface area contributed by atoms with Crippen molar-refractivity contribution in [1.29, 1.82) is 0 Å². The van der Waals surface area contributed by atoms with Gasteiger partial charge in [0.2, 0.25) is 0 Å². The first kappa shape index (κ1) is 20.0. The third-order valence-corrected chi connectivity index (χ3v) is 6.11. The van der Waals surface area contributed by atoms with Gasteiger partial charge in [-0.25, -0.2) is 4.98 Å². The summed E-state index contributed by atoms with van der Waals surface area (Å²) in [6, 6.07) is 2.17. The van der Waals surface area contributed by atoms with Crippen LogP contribution in [0.4, 0.5) is 0 Å². The van der Waals surface area contributed by atoms with Crippen molar-refractivity contribution < 1.29 is 9.21 Å². The molecule has 148 valence electrons. The third kappa shape index (κ3) is 3.65. The van der Waals surface area contributed by atoms with Crippen LogP contribution in [0.25, 0.3) is 0 Å². The molecule has 2 aromatic heterocycles. The number of imidazole rings is 1. The first-order chi connectivity index (χ1) is 12.5. The van der Waals surface area contributed by atoms with Crippen molar-refractivity contribution in [2.45, 2.75) is 59.2 Å². The number of carbonyl (C=O) groups is 1. The summed E-state index contributed by atoms with van der Waals surface area (Å²) in [6.45, 7) is 9.39. The number of amides is 1. The topological polar surface area (TPSA) is 63.3 Å². The van der Waals surface area contributed by atoms with Gasteiger partial charge in [0.15, 0.2) is 0 Å². The Bertz CT molecular complexity index is 807. The van der Waals surface area contributed by atoms with E-state index in [0.29, 0.717) is 23.9 Å². The number of nitrogens with one attached hydrogen (secondary N) is 1. The van der Waals surface area contributed by atoms with Gasteiger partial charge >= 0.3 is 0 Å². The summed E-state index contributed by atoms with van der Waals surface area (Å²) >= 11 is 0. The summed E-state index contributed by atoms with van der Waals surface area (Å²) in [5.41, 5.74) is 0.977. The molecule has 1 N–H and O–H groups in total. The molecule has 6 nitrogen and oxygen atoms in total. The number of furan rings is 1. The zero-order valence-electron chi connectivity index (χ0n) is 16.3. The highest BCUT2D eigenvalue weighted by Crippen LogP contribution is 2.56. The Morgan fingerprint density at radius 3 is 2.78 bits per heavy atom. The van der Waals surface area contributed by atoms with Gasteiger partial charge in [0, 0.05) is 25.0 Å². The van der Waals surface area contributed by atoms with Gasteiger partial charge in [-0.3, -0.25) is 4.79 Å². The Labute approximate surface area is 166 Å². The van der Waals surface area contributed by atoms with E-state index in [-0.39, 0.29) is 23.7 Å². The molecular weight excluding hydrogens is 364 g/mol. The third-order valence-electron chi connectivity index (χ3n) is 6.11. The molecule has 3 heterocycles. The molecule has 0 bridgehead atoms. The van der Waals surface area contributed by atoms with Crippen molar-refractivity contribution >= 4 is 18.3 Å². The number of hydrogen-bond donors (Lipinski definition) is 1. The molecule has 2 aliphatic rings. The maximum atomic E-state index is 13.4. The molecule has 1 saturated heterocycles. The predicted molar refractivity (Wildman–Crippen MR) is 106 cm³/mol. The highest BCUT2D eigenvalue weighted by atomic mass is 35.5. The Balaban J connectivity index is 0.00000210. The second-order valence-electron chi connectivity index (χ2n) is 7.72. The summed E-state index contributed by atoms with van der Waals surface area (Å²) in [7, 11) is 0. The van der Waals surface area contributed by atoms with Crippen molar-refractivity contribution in [2.75, 3.05) is 13.1 Å². The van der Waals surface area contributed by atoms with Crippen molar-refractivity contribution in [3.05, 3.63) is 41.4 Å². The largest absolute Gasteiger partial charge is 0.466 e. The second kappa shape index (κ2) is 7.68. The molecule has 1 spiro atoms. The van der Waals surface area contributed by atoms with E-state index in [1.165, 1.54) is 0 Å². The van der Waals surface area contributed by atoms with Crippen LogP contribution in [0.2, 0.25) is 0 Å². The molecule has 27 heavy (non-hydrogen) atoms. The van der Waals surface area contributed by atoms with Crippen molar-refractivity contribution in [3.8, 4) is 0 Å². The highest BCUT2D eigenvalue weighted by Gasteiger charge is 2.58. The van der Waals surface area contributed by atoms with E-state index < -0.39 is 0 Å². The van der Waals surface area contributed by atoms with E-state index in [9.17, 15) is 4.79 Å². The van der Waals surface area contributed by atoms with Crippen LogP contribution in [0.15, 0.2) is 22.9 Å². The molecule has 0 aromatic carbocycles. The fraction of sp³-hybridized carbons (Fsp3) is 0.600. The van der Waals surface area contributed by atoms with Crippen molar-refractivity contribution in [2.24, 2.45) is 5.41 Å². The fourth-order valence-electron chi connectivity index (χ4n) is 4.48. The van der Waals surface area contributed by atoms with Gasteiger partial charge in [0.1, 0.15) is 17.3 Å². The summed E-state index contributed by atoms with van der Waals surface area (Å²) in [5.74, 6) is 2.52. The quantitative estimate of drug-likeness (QED) is 0.847. The molecule has 4 rings (SSSR count). The van der Waals surface area contributed by atoms with E-state index in [4.69, 9.17) is 4.42 Å². The molecule has 1 aliphatic heterocycles. The van der Waals surface area contributed by atoms with Gasteiger partial charge in [0.05, 0.1) is 12.1 Å². The SMILES string of the molecule is CCn1ccnc1CN(C(=O)c1cc(C)oc1C)C1CC12CCNCC2.Cl. The first-order valence-corrected chi connectivity index (χ1v) is 9.63. The van der Waals surface area contributed by atoms with Gasteiger partial charge in [-0.05, 0) is 64.6 Å². The monoisotopic (exact) mass is 392 g/mol. The average molecular weight is 393 g/mol. The Hall–Kier alpha value is -1.79. The summed E-state index contributed by atoms with van der Waals surface area (Å²) in [5, 5.41) is 3.44. The molecule has 1 saturated carbocycles. The van der Waals surface area contributed by atoms with Gasteiger partial charge in [-0.2, -0.15) is 0 Å². The molecule has 7 heteroatoms. The number of hydrogen-bond acceptors (Lipinski definition) is 4. The van der Waals surface area contributed by atoms with E-state index in [0.717, 1.165) is 50.5 Å². The molecule has 1 unspecified atom stereocenters. The minimum Gasteiger partial charge on any atom is -0.466 e. The maximum absolute atomic E-state index is 13.4. The van der Waals surface area contributed by atoms with Crippen LogP contribution in [-0.2, 0) is 13.1 Å². The zero-order valence-corrected chi connectivity index (χ0v) is 17.1. The second-order valence-corrected chi connectivity index (χ2v) is 7.72. The summed E-state index contributed by atoms with van der Waals surface area (Å²) in [4.78, 5) is 20.0. The number of nitrogens with zero attached hydrogens (tertiary/aromatic N) is 3. The van der Waals surface area contributed by atoms with E-state index in [1.54, 1.807) is 0 Å². The number of carbonyl (C=O) groups excluding carboxylic acids is 1. The number of rotatable bonds is 5. The molecule has 1 aliphatic carbocycles. The molecular formula is C20H29ClN4O2. The minimum atomic E-state index is 0. The number of piperidine rings is 1. The summed E-state index contributed by atoms with van der Waals surface area (Å²) < 4.78 is 7.74. The minimum absolute atomic E-state index is 0. The van der Waals surface area contributed by atoms with Crippen LogP contribution in [0.1, 0.15) is 53.9 Å². The van der Waals surface area contributed by atoms with E-state index >= 15 is 0 Å². The van der Waals surface area contributed by atoms with Crippen LogP contribution < -0.4 is 5.32 Å². The lowest BCUT2D eigenvalue weighted by atomic mass is 9.93. The standard InChI is InChI=1S/C20H28N4O2.ClH/c1-4-23-10-9-22-18(23)13-24(17-12-20(17)5-7-21-8-6-20)19(25)16-11-14(2)26-15(16)3;/h9-11,17,21H,4-8,12-13H2,1-3H3;1H. The van der Waals surface area contributed by atoms with Gasteiger partial charge in [-0.1, -0.05) is 0 Å². The lowest BCUT2D eigenvalue weighted by Crippen LogP contribution is -2.39. The van der Waals surface area contributed by atoms with Gasteiger partial charge in [-0.15, -0.1) is 12.4 Å². The molecule has 1 atom stereocenters. The van der Waals surface area contributed by atoms with Crippen LogP contribution in [-0.4, -0.2) is 39.5 Å². The summed E-state index contributed by atoms with van der Waals surface area (Å²) in [6.07, 6.45) is 7.20. The van der Waals surface area contributed by atoms with E-state index in [2.05, 4.69) is 26.7 Å². The lowest BCUT2D eigenvalue weighted by Gasteiger charge is -2.29. The molecule has 0 radical (unpaired) electrons. The fourth-order valence-corrected chi connectivity index (χ4v) is 4.48. The number of aryl methyl sites for hydroxylation is 3. The lowest BCUT2D eigenvalue weighted by molar-refractivity contribution is 0.0683. The number of aromatic nitrogens is 2. The van der Waals surface area contributed by atoms with Crippen LogP contribution in [0, 0.1) is 19.3 Å². The smallest absolute Gasteiger partial charge is 0.258 e. The first-order valence-electron chi connectivity index (χ1n) is 9.63. The van der Waals surface area contributed by atoms with E-state index in [1.807, 2.05) is 32.3 Å². The number of halogens is 1. The maximum Gasteiger partial charge on any atom is 0.258 e. The zero-order chi connectivity index (χ0) is 18.3. The van der Waals surface area contributed by atoms with Crippen LogP contribution in [0.3, 0.4) is 0 Å². The molecule has 2 aromatic rings. The molecule has 2 fully saturated rings. The van der Waals surface area contributed by atoms with Crippen molar-refractivity contribution in [3.63, 3.8) is 0 Å². The molecule has 1 amide bonds. The highest BCUT2D eigenvalue weighted by molar-refractivity contribution is 5.95. The Morgan fingerprint density at radius 2 is 2.15 bits per heavy atom. The van der Waals surface area contributed by atoms with Crippen LogP contribution >= 0.6 is 12.4 Å².